The summed E-state index contributed by atoms with van der Waals surface area (Å²) in [6.45, 7) is 10.7. The van der Waals surface area contributed by atoms with E-state index in [0.717, 1.165) is 57.2 Å². The number of hydrogen-bond acceptors (Lipinski definition) is 8. The zero-order valence-corrected chi connectivity index (χ0v) is 36.8. The molecule has 0 fully saturated rings. The van der Waals surface area contributed by atoms with Crippen molar-refractivity contribution in [2.75, 3.05) is 136 Å². The lowest BCUT2D eigenvalue weighted by Crippen LogP contribution is -3.00. The van der Waals surface area contributed by atoms with Crippen LogP contribution in [0.5, 0.6) is 0 Å². The van der Waals surface area contributed by atoms with Gasteiger partial charge in [0.2, 0.25) is 0 Å². The molecule has 0 spiro atoms. The average Bonchev–Trinajstić information content (AvgIpc) is 2.85. The largest absolute Gasteiger partial charge is 1.00 e. The van der Waals surface area contributed by atoms with Gasteiger partial charge in [0.15, 0.2) is 0 Å². The summed E-state index contributed by atoms with van der Waals surface area (Å²) in [4.78, 5) is 46.0. The number of ether oxygens (including phenoxy) is 4. The molecule has 0 heterocycles. The summed E-state index contributed by atoms with van der Waals surface area (Å²) in [6.07, 6.45) is 0.343. The fraction of sp³-hybridized carbons (Fsp3) is 0.867. The summed E-state index contributed by atoms with van der Waals surface area (Å²) in [5, 5.41) is 0. The Bertz CT molecular complexity index is 756. The molecule has 0 rings (SSSR count). The third-order valence-corrected chi connectivity index (χ3v) is 6.75. The quantitative estimate of drug-likeness (QED) is 0.0675. The van der Waals surface area contributed by atoms with Gasteiger partial charge in [-0.25, -0.2) is 0 Å². The molecule has 0 aliphatic carbocycles. The van der Waals surface area contributed by atoms with Crippen molar-refractivity contribution >= 4 is 23.9 Å². The molecule has 0 amide bonds. The molecule has 46 heavy (non-hydrogen) atoms. The Balaban J connectivity index is -0.000000161. The van der Waals surface area contributed by atoms with Crippen molar-refractivity contribution in [3.63, 3.8) is 0 Å². The highest BCUT2D eigenvalue weighted by Gasteiger charge is 2.16. The van der Waals surface area contributed by atoms with Crippen molar-refractivity contribution in [1.82, 2.24) is 0 Å². The molecule has 0 aliphatic heterocycles. The molecule has 0 aromatic rings. The highest BCUT2D eigenvalue weighted by atomic mass is 79.9. The van der Waals surface area contributed by atoms with Crippen LogP contribution in [-0.2, 0) is 38.1 Å². The van der Waals surface area contributed by atoms with Crippen LogP contribution in [0.1, 0.15) is 39.5 Å². The highest BCUT2D eigenvalue weighted by molar-refractivity contribution is 5.78. The summed E-state index contributed by atoms with van der Waals surface area (Å²) >= 11 is 0. The van der Waals surface area contributed by atoms with Crippen molar-refractivity contribution in [1.29, 1.82) is 0 Å². The van der Waals surface area contributed by atoms with Gasteiger partial charge >= 0.3 is 23.9 Å². The molecule has 0 radical (unpaired) electrons. The van der Waals surface area contributed by atoms with Crippen LogP contribution in [0.2, 0.25) is 0 Å². The van der Waals surface area contributed by atoms with Gasteiger partial charge < -0.3 is 105 Å². The van der Waals surface area contributed by atoms with Gasteiger partial charge in [-0.1, -0.05) is 0 Å². The molecule has 0 bridgehead atoms. The monoisotopic (exact) mass is 924 g/mol. The first-order valence-electron chi connectivity index (χ1n) is 15.0. The standard InChI is InChI=1S/C16H34N2O4.C14H30N2O4.4BrH/c1-7-17(3,4)11-13-21-15(19)9-10-16(20)22-14-12-18(5,6)8-2;1-15(2,3)9-11-19-13(17)7-8-14(18)20-12-10-16(4,5)6;;;;/h7-14H2,1-6H3;7-12H2,1-6H3;4*1H/q2*+2;;;;/p-4. The fourth-order valence-corrected chi connectivity index (χ4v) is 2.69. The zero-order valence-electron chi connectivity index (χ0n) is 30.5. The Morgan fingerprint density at radius 2 is 0.587 bits per heavy atom. The Hall–Kier alpha value is -0.360. The Morgan fingerprint density at radius 1 is 0.391 bits per heavy atom. The Kier molecular flexibility index (Phi) is 37.2. The number of carbonyl (C=O) groups excluding carboxylic acids is 4. The molecule has 0 aromatic heterocycles. The topological polar surface area (TPSA) is 105 Å². The number of halogens is 4. The number of rotatable bonds is 20. The van der Waals surface area contributed by atoms with E-state index in [-0.39, 0.29) is 117 Å². The molecule has 280 valence electrons. The first-order valence-corrected chi connectivity index (χ1v) is 15.0. The minimum atomic E-state index is -0.345. The average molecular weight is 928 g/mol. The summed E-state index contributed by atoms with van der Waals surface area (Å²) in [7, 11) is 20.5. The van der Waals surface area contributed by atoms with Crippen molar-refractivity contribution in [3.05, 3.63) is 0 Å². The summed E-state index contributed by atoms with van der Waals surface area (Å²) in [6, 6.07) is 0. The third kappa shape index (κ3) is 41.7. The lowest BCUT2D eigenvalue weighted by molar-refractivity contribution is -0.888. The second-order valence-corrected chi connectivity index (χ2v) is 13.9. The van der Waals surface area contributed by atoms with Crippen LogP contribution in [0.4, 0.5) is 0 Å². The number of quaternary nitrogens is 4. The van der Waals surface area contributed by atoms with E-state index in [1.807, 2.05) is 42.3 Å². The third-order valence-electron chi connectivity index (χ3n) is 6.75. The van der Waals surface area contributed by atoms with Gasteiger partial charge in [0.05, 0.1) is 109 Å². The van der Waals surface area contributed by atoms with Crippen molar-refractivity contribution in [3.8, 4) is 0 Å². The molecular weight excluding hydrogens is 864 g/mol. The number of carbonyl (C=O) groups is 4. The summed E-state index contributed by atoms with van der Waals surface area (Å²) < 4.78 is 23.5. The highest BCUT2D eigenvalue weighted by Crippen LogP contribution is 2.01. The number of hydrogen-bond donors (Lipinski definition) is 0. The molecule has 0 aromatic carbocycles. The van der Waals surface area contributed by atoms with Crippen LogP contribution in [0.15, 0.2) is 0 Å². The minimum absolute atomic E-state index is 0. The van der Waals surface area contributed by atoms with E-state index in [1.54, 1.807) is 0 Å². The maximum absolute atomic E-state index is 11.6. The Morgan fingerprint density at radius 3 is 0.761 bits per heavy atom. The molecule has 0 N–H and O–H groups in total. The fourth-order valence-electron chi connectivity index (χ4n) is 2.69. The number of nitrogens with zero attached hydrogens (tertiary/aromatic N) is 4. The van der Waals surface area contributed by atoms with Crippen LogP contribution in [0, 0.1) is 0 Å². The SMILES string of the molecule is CC[N+](C)(C)CCOC(=O)CCC(=O)OCC[N+](C)(C)CC.C[N+](C)(C)CCOC(=O)CCC(=O)OCC[N+](C)(C)C.[Br-].[Br-].[Br-].[Br-]. The molecule has 0 aliphatic rings. The van der Waals surface area contributed by atoms with Gasteiger partial charge in [-0.15, -0.1) is 0 Å². The van der Waals surface area contributed by atoms with Crippen LogP contribution < -0.4 is 67.9 Å². The number of likely N-dealkylation sites (N-methyl/N-ethyl adjacent to an activating group) is 4. The normalized spacial score (nSPS) is 11.0. The van der Waals surface area contributed by atoms with Gasteiger partial charge in [-0.05, 0) is 13.8 Å². The van der Waals surface area contributed by atoms with Crippen LogP contribution in [0.3, 0.4) is 0 Å². The van der Waals surface area contributed by atoms with E-state index < -0.39 is 0 Å². The van der Waals surface area contributed by atoms with E-state index in [4.69, 9.17) is 18.9 Å². The maximum atomic E-state index is 11.6. The first kappa shape index (κ1) is 57.9. The van der Waals surface area contributed by atoms with E-state index >= 15 is 0 Å². The van der Waals surface area contributed by atoms with E-state index in [1.165, 1.54) is 0 Å². The molecular formula is C30H64Br4N4O8. The van der Waals surface area contributed by atoms with Gasteiger partial charge in [0.1, 0.15) is 52.6 Å². The zero-order chi connectivity index (χ0) is 33.0. The smallest absolute Gasteiger partial charge is 0.306 e. The van der Waals surface area contributed by atoms with Crippen molar-refractivity contribution in [2.45, 2.75) is 39.5 Å². The first-order chi connectivity index (χ1) is 19.1. The van der Waals surface area contributed by atoms with Crippen molar-refractivity contribution in [2.24, 2.45) is 0 Å². The summed E-state index contributed by atoms with van der Waals surface area (Å²) in [5.74, 6) is -1.36. The Labute approximate surface area is 321 Å². The molecule has 0 saturated carbocycles. The van der Waals surface area contributed by atoms with Crippen LogP contribution >= 0.6 is 0 Å². The van der Waals surface area contributed by atoms with Crippen LogP contribution in [-0.4, -0.2) is 178 Å². The molecule has 12 nitrogen and oxygen atoms in total. The molecule has 0 saturated heterocycles. The molecule has 0 atom stereocenters. The van der Waals surface area contributed by atoms with Gasteiger partial charge in [-0.3, -0.25) is 19.2 Å². The van der Waals surface area contributed by atoms with E-state index in [9.17, 15) is 19.2 Å². The van der Waals surface area contributed by atoms with Gasteiger partial charge in [0.25, 0.3) is 0 Å². The predicted molar refractivity (Wildman–Crippen MR) is 163 cm³/mol. The lowest BCUT2D eigenvalue weighted by atomic mass is 10.3. The second-order valence-electron chi connectivity index (χ2n) is 13.9. The number of esters is 4. The molecule has 0 unspecified atom stereocenters. The molecule has 16 heteroatoms. The van der Waals surface area contributed by atoms with E-state index in [0.29, 0.717) is 26.4 Å². The second kappa shape index (κ2) is 29.5. The van der Waals surface area contributed by atoms with Crippen molar-refractivity contribution < 1.29 is 124 Å². The van der Waals surface area contributed by atoms with Gasteiger partial charge in [-0.2, -0.15) is 0 Å². The lowest BCUT2D eigenvalue weighted by Gasteiger charge is -2.27. The minimum Gasteiger partial charge on any atom is -1.00 e. The van der Waals surface area contributed by atoms with Gasteiger partial charge in [0, 0.05) is 0 Å². The predicted octanol–water partition coefficient (Wildman–Crippen LogP) is -10.7. The maximum Gasteiger partial charge on any atom is 0.306 e. The van der Waals surface area contributed by atoms with E-state index in [2.05, 4.69) is 42.0 Å². The summed E-state index contributed by atoms with van der Waals surface area (Å²) in [5.41, 5.74) is 0. The van der Waals surface area contributed by atoms with Crippen LogP contribution in [0.25, 0.3) is 0 Å².